The number of amides is 1. The minimum atomic E-state index is -4.70. The highest BCUT2D eigenvalue weighted by molar-refractivity contribution is 5.80. The van der Waals surface area contributed by atoms with Gasteiger partial charge in [0.2, 0.25) is 5.91 Å². The highest BCUT2D eigenvalue weighted by Gasteiger charge is 2.35. The molecule has 8 heteroatoms. The summed E-state index contributed by atoms with van der Waals surface area (Å²) in [7, 11) is 0. The van der Waals surface area contributed by atoms with Gasteiger partial charge in [-0.25, -0.2) is 4.68 Å². The van der Waals surface area contributed by atoms with Crippen LogP contribution in [0.3, 0.4) is 0 Å². The van der Waals surface area contributed by atoms with Crippen LogP contribution in [0.4, 0.5) is 13.2 Å². The van der Waals surface area contributed by atoms with E-state index < -0.39 is 17.3 Å². The molecule has 0 spiro atoms. The maximum absolute atomic E-state index is 12.7. The minimum absolute atomic E-state index is 0.0166. The van der Waals surface area contributed by atoms with E-state index in [9.17, 15) is 22.8 Å². The van der Waals surface area contributed by atoms with Gasteiger partial charge in [0.25, 0.3) is 5.56 Å². The predicted octanol–water partition coefficient (Wildman–Crippen LogP) is 1.10. The molecule has 5 nitrogen and oxygen atoms in total. The highest BCUT2D eigenvalue weighted by Crippen LogP contribution is 2.28. The lowest BCUT2D eigenvalue weighted by Gasteiger charge is -2.11. The molecular formula is C12H14F3N3O2. The number of alkyl halides is 3. The number of nitrogens with zero attached hydrogens (tertiary/aromatic N) is 2. The molecule has 1 N–H and O–H groups in total. The first-order valence-electron chi connectivity index (χ1n) is 6.22. The van der Waals surface area contributed by atoms with Crippen LogP contribution in [0.25, 0.3) is 0 Å². The number of halogens is 3. The Labute approximate surface area is 112 Å². The summed E-state index contributed by atoms with van der Waals surface area (Å²) in [4.78, 5) is 23.0. The van der Waals surface area contributed by atoms with E-state index in [4.69, 9.17) is 0 Å². The second kappa shape index (κ2) is 5.26. The van der Waals surface area contributed by atoms with Gasteiger partial charge in [0.05, 0.1) is 12.2 Å². The number of carbonyl (C=O) groups is 1. The summed E-state index contributed by atoms with van der Waals surface area (Å²) >= 11 is 0. The molecule has 2 rings (SSSR count). The molecule has 0 saturated heterocycles. The lowest BCUT2D eigenvalue weighted by molar-refractivity contribution is -0.139. The van der Waals surface area contributed by atoms with Gasteiger partial charge in [-0.2, -0.15) is 18.3 Å². The van der Waals surface area contributed by atoms with Crippen LogP contribution in [0.5, 0.6) is 0 Å². The van der Waals surface area contributed by atoms with E-state index in [0.29, 0.717) is 0 Å². The van der Waals surface area contributed by atoms with Crippen LogP contribution < -0.4 is 10.9 Å². The number of carbonyl (C=O) groups excluding carboxylic acids is 1. The molecule has 0 radical (unpaired) electrons. The van der Waals surface area contributed by atoms with Crippen molar-refractivity contribution in [3.05, 3.63) is 27.7 Å². The Morgan fingerprint density at radius 1 is 1.50 bits per heavy atom. The van der Waals surface area contributed by atoms with E-state index in [1.54, 1.807) is 0 Å². The van der Waals surface area contributed by atoms with Gasteiger partial charge >= 0.3 is 6.18 Å². The molecule has 110 valence electrons. The predicted molar refractivity (Wildman–Crippen MR) is 64.0 cm³/mol. The zero-order valence-electron chi connectivity index (χ0n) is 10.8. The topological polar surface area (TPSA) is 64.0 Å². The Morgan fingerprint density at radius 3 is 2.70 bits per heavy atom. The number of rotatable bonds is 4. The van der Waals surface area contributed by atoms with Crippen molar-refractivity contribution >= 4 is 5.91 Å². The Balaban J connectivity index is 2.09. The molecule has 1 heterocycles. The third kappa shape index (κ3) is 3.37. The van der Waals surface area contributed by atoms with Crippen molar-refractivity contribution in [2.24, 2.45) is 5.92 Å². The maximum Gasteiger partial charge on any atom is 0.421 e. The SMILES string of the molecule is Cc1cc(C(F)(F)F)c(=O)n(CCNC(=O)C2CC2)n1. The number of hydrogen-bond acceptors (Lipinski definition) is 3. The average molecular weight is 289 g/mol. The van der Waals surface area contributed by atoms with Crippen molar-refractivity contribution < 1.29 is 18.0 Å². The number of nitrogens with one attached hydrogen (secondary N) is 1. The Morgan fingerprint density at radius 2 is 2.15 bits per heavy atom. The van der Waals surface area contributed by atoms with Gasteiger partial charge in [0.1, 0.15) is 5.56 Å². The molecule has 0 aliphatic heterocycles. The summed E-state index contributed by atoms with van der Waals surface area (Å²) in [6, 6.07) is 0.724. The third-order valence-corrected chi connectivity index (χ3v) is 2.97. The first-order valence-corrected chi connectivity index (χ1v) is 6.22. The molecule has 1 fully saturated rings. The van der Waals surface area contributed by atoms with Gasteiger partial charge in [-0.15, -0.1) is 0 Å². The van der Waals surface area contributed by atoms with Gasteiger partial charge < -0.3 is 5.32 Å². The first kappa shape index (κ1) is 14.5. The van der Waals surface area contributed by atoms with Gasteiger partial charge in [0.15, 0.2) is 0 Å². The van der Waals surface area contributed by atoms with Crippen LogP contribution in [-0.2, 0) is 17.5 Å². The van der Waals surface area contributed by atoms with Gasteiger partial charge in [-0.05, 0) is 25.8 Å². The summed E-state index contributed by atoms with van der Waals surface area (Å²) in [5.74, 6) is -0.107. The second-order valence-corrected chi connectivity index (χ2v) is 4.79. The third-order valence-electron chi connectivity index (χ3n) is 2.97. The molecule has 20 heavy (non-hydrogen) atoms. The normalized spacial score (nSPS) is 15.2. The molecule has 1 saturated carbocycles. The van der Waals surface area contributed by atoms with Crippen LogP contribution in [0, 0.1) is 12.8 Å². The van der Waals surface area contributed by atoms with Gasteiger partial charge in [-0.3, -0.25) is 9.59 Å². The quantitative estimate of drug-likeness (QED) is 0.902. The Kier molecular flexibility index (Phi) is 3.82. The first-order chi connectivity index (χ1) is 9.29. The van der Waals surface area contributed by atoms with E-state index in [0.717, 1.165) is 23.6 Å². The van der Waals surface area contributed by atoms with Crippen LogP contribution in [0.1, 0.15) is 24.1 Å². The Hall–Kier alpha value is -1.86. The fourth-order valence-electron chi connectivity index (χ4n) is 1.80. The molecule has 1 aliphatic carbocycles. The van der Waals surface area contributed by atoms with Crippen molar-refractivity contribution in [2.75, 3.05) is 6.54 Å². The Bertz CT molecular complexity index is 576. The fraction of sp³-hybridized carbons (Fsp3) is 0.583. The van der Waals surface area contributed by atoms with Gasteiger partial charge in [-0.1, -0.05) is 0 Å². The van der Waals surface area contributed by atoms with E-state index >= 15 is 0 Å². The van der Waals surface area contributed by atoms with Crippen LogP contribution in [0.15, 0.2) is 10.9 Å². The minimum Gasteiger partial charge on any atom is -0.354 e. The van der Waals surface area contributed by atoms with Crippen LogP contribution >= 0.6 is 0 Å². The monoisotopic (exact) mass is 289 g/mol. The fourth-order valence-corrected chi connectivity index (χ4v) is 1.80. The van der Waals surface area contributed by atoms with Gasteiger partial charge in [0, 0.05) is 12.5 Å². The van der Waals surface area contributed by atoms with E-state index in [2.05, 4.69) is 10.4 Å². The summed E-state index contributed by atoms with van der Waals surface area (Å²) in [5, 5.41) is 6.34. The standard InChI is InChI=1S/C12H14F3N3O2/c1-7-6-9(12(13,14)15)11(20)18(17-7)5-4-16-10(19)8-2-3-8/h6,8H,2-5H2,1H3,(H,16,19). The molecule has 0 unspecified atom stereocenters. The summed E-state index contributed by atoms with van der Waals surface area (Å²) in [5.41, 5.74) is -2.33. The lowest BCUT2D eigenvalue weighted by Crippen LogP contribution is -2.35. The molecule has 1 aliphatic rings. The summed E-state index contributed by atoms with van der Waals surface area (Å²) in [6.45, 7) is 1.39. The molecule has 0 aromatic carbocycles. The van der Waals surface area contributed by atoms with Crippen molar-refractivity contribution in [3.63, 3.8) is 0 Å². The summed E-state index contributed by atoms with van der Waals surface area (Å²) < 4.78 is 38.7. The highest BCUT2D eigenvalue weighted by atomic mass is 19.4. The number of hydrogen-bond donors (Lipinski definition) is 1. The smallest absolute Gasteiger partial charge is 0.354 e. The van der Waals surface area contributed by atoms with Crippen molar-refractivity contribution in [1.82, 2.24) is 15.1 Å². The van der Waals surface area contributed by atoms with E-state index in [1.807, 2.05) is 0 Å². The number of aryl methyl sites for hydroxylation is 1. The van der Waals surface area contributed by atoms with E-state index in [-0.39, 0.29) is 30.6 Å². The van der Waals surface area contributed by atoms with Crippen molar-refractivity contribution in [2.45, 2.75) is 32.5 Å². The van der Waals surface area contributed by atoms with E-state index in [1.165, 1.54) is 6.92 Å². The average Bonchev–Trinajstić information content (AvgIpc) is 3.15. The van der Waals surface area contributed by atoms with Crippen LogP contribution in [0.2, 0.25) is 0 Å². The molecule has 1 aromatic heterocycles. The molecule has 0 bridgehead atoms. The number of aromatic nitrogens is 2. The lowest BCUT2D eigenvalue weighted by atomic mass is 10.2. The second-order valence-electron chi connectivity index (χ2n) is 4.79. The van der Waals surface area contributed by atoms with Crippen molar-refractivity contribution in [1.29, 1.82) is 0 Å². The molecule has 1 amide bonds. The van der Waals surface area contributed by atoms with Crippen molar-refractivity contribution in [3.8, 4) is 0 Å². The summed E-state index contributed by atoms with van der Waals surface area (Å²) in [6.07, 6.45) is -3.02. The molecule has 0 atom stereocenters. The molecule has 1 aromatic rings. The zero-order chi connectivity index (χ0) is 14.9. The zero-order valence-corrected chi connectivity index (χ0v) is 10.8. The van der Waals surface area contributed by atoms with Crippen LogP contribution in [-0.4, -0.2) is 22.2 Å². The largest absolute Gasteiger partial charge is 0.421 e. The maximum atomic E-state index is 12.7. The molecular weight excluding hydrogens is 275 g/mol.